The monoisotopic (exact) mass is 191 g/mol. The maximum Gasteiger partial charge on any atom is 0.119 e. The summed E-state index contributed by atoms with van der Waals surface area (Å²) in [7, 11) is 0. The Labute approximate surface area is 85.9 Å². The molecule has 0 fully saturated rings. The number of allylic oxidation sites excluding steroid dienone is 4. The Kier molecular flexibility index (Phi) is 6.22. The summed E-state index contributed by atoms with van der Waals surface area (Å²) in [5, 5.41) is 18.4. The first-order valence-corrected chi connectivity index (χ1v) is 4.79. The molecule has 14 heavy (non-hydrogen) atoms. The molecule has 2 heteroatoms. The molecule has 0 saturated heterocycles. The Morgan fingerprint density at radius 1 is 1.57 bits per heavy atom. The van der Waals surface area contributed by atoms with Crippen molar-refractivity contribution in [3.8, 4) is 6.07 Å². The van der Waals surface area contributed by atoms with Crippen LogP contribution in [-0.4, -0.2) is 5.11 Å². The number of hydrogen-bond donors (Lipinski definition) is 1. The molecular formula is C12H17NO. The van der Waals surface area contributed by atoms with Gasteiger partial charge in [-0.25, -0.2) is 0 Å². The molecular weight excluding hydrogens is 174 g/mol. The molecule has 0 aromatic carbocycles. The topological polar surface area (TPSA) is 44.0 Å². The summed E-state index contributed by atoms with van der Waals surface area (Å²) >= 11 is 0. The fraction of sp³-hybridized carbons (Fsp3) is 0.417. The highest BCUT2D eigenvalue weighted by Gasteiger charge is 2.04. The van der Waals surface area contributed by atoms with Crippen LogP contribution in [0.15, 0.2) is 35.6 Å². The van der Waals surface area contributed by atoms with Crippen molar-refractivity contribution in [3.05, 3.63) is 35.6 Å². The van der Waals surface area contributed by atoms with Crippen LogP contribution in [0.5, 0.6) is 0 Å². The smallest absolute Gasteiger partial charge is 0.119 e. The van der Waals surface area contributed by atoms with Gasteiger partial charge in [0.05, 0.1) is 6.07 Å². The van der Waals surface area contributed by atoms with E-state index in [2.05, 4.69) is 19.6 Å². The van der Waals surface area contributed by atoms with E-state index in [0.29, 0.717) is 11.1 Å². The van der Waals surface area contributed by atoms with E-state index in [9.17, 15) is 5.11 Å². The number of unbranched alkanes of at least 4 members (excludes halogenated alkanes) is 1. The second kappa shape index (κ2) is 6.97. The van der Waals surface area contributed by atoms with E-state index in [1.54, 1.807) is 6.92 Å². The number of nitrogens with zero attached hydrogens (tertiary/aromatic N) is 1. The Balaban J connectivity index is 4.75. The standard InChI is InChI=1S/C12H17NO/c1-4-6-8-11(9-13)10(3)12(14)7-5-2/h5,7,14H,2,4,6,8H2,1,3H3/b11-10+,12-7+. The van der Waals surface area contributed by atoms with Crippen molar-refractivity contribution < 1.29 is 5.11 Å². The molecule has 0 aromatic heterocycles. The predicted molar refractivity (Wildman–Crippen MR) is 58.7 cm³/mol. The number of aliphatic hydroxyl groups is 1. The second-order valence-corrected chi connectivity index (χ2v) is 3.11. The number of nitriles is 1. The van der Waals surface area contributed by atoms with Crippen LogP contribution in [0.25, 0.3) is 0 Å². The third kappa shape index (κ3) is 3.95. The highest BCUT2D eigenvalue weighted by molar-refractivity contribution is 5.37. The zero-order valence-corrected chi connectivity index (χ0v) is 8.88. The van der Waals surface area contributed by atoms with E-state index in [1.165, 1.54) is 12.2 Å². The largest absolute Gasteiger partial charge is 0.508 e. The van der Waals surface area contributed by atoms with Crippen molar-refractivity contribution in [2.75, 3.05) is 0 Å². The van der Waals surface area contributed by atoms with E-state index in [0.717, 1.165) is 19.3 Å². The minimum atomic E-state index is 0.132. The molecule has 0 aromatic rings. The lowest BCUT2D eigenvalue weighted by Gasteiger charge is -2.03. The lowest BCUT2D eigenvalue weighted by molar-refractivity contribution is 0.422. The Bertz CT molecular complexity index is 292. The van der Waals surface area contributed by atoms with Gasteiger partial charge in [-0.15, -0.1) is 0 Å². The molecule has 0 aliphatic rings. The molecule has 76 valence electrons. The van der Waals surface area contributed by atoms with Gasteiger partial charge >= 0.3 is 0 Å². The van der Waals surface area contributed by atoms with Gasteiger partial charge in [0.25, 0.3) is 0 Å². The van der Waals surface area contributed by atoms with E-state index in [-0.39, 0.29) is 5.76 Å². The number of aliphatic hydroxyl groups excluding tert-OH is 1. The lowest BCUT2D eigenvalue weighted by Crippen LogP contribution is -1.91. The van der Waals surface area contributed by atoms with Gasteiger partial charge in [0.15, 0.2) is 0 Å². The summed E-state index contributed by atoms with van der Waals surface area (Å²) in [5.74, 6) is 0.132. The summed E-state index contributed by atoms with van der Waals surface area (Å²) < 4.78 is 0. The predicted octanol–water partition coefficient (Wildman–Crippen LogP) is 3.64. The van der Waals surface area contributed by atoms with Crippen molar-refractivity contribution >= 4 is 0 Å². The van der Waals surface area contributed by atoms with Gasteiger partial charge in [0, 0.05) is 11.1 Å². The van der Waals surface area contributed by atoms with Crippen molar-refractivity contribution in [3.63, 3.8) is 0 Å². The van der Waals surface area contributed by atoms with Crippen LogP contribution in [0.4, 0.5) is 0 Å². The van der Waals surface area contributed by atoms with Crippen LogP contribution in [0.1, 0.15) is 33.1 Å². The molecule has 1 N–H and O–H groups in total. The summed E-state index contributed by atoms with van der Waals surface area (Å²) in [6.45, 7) is 7.32. The Morgan fingerprint density at radius 2 is 2.21 bits per heavy atom. The first kappa shape index (κ1) is 12.5. The summed E-state index contributed by atoms with van der Waals surface area (Å²) in [5.41, 5.74) is 1.31. The zero-order valence-electron chi connectivity index (χ0n) is 8.88. The van der Waals surface area contributed by atoms with Crippen molar-refractivity contribution in [2.45, 2.75) is 33.1 Å². The van der Waals surface area contributed by atoms with Gasteiger partial charge in [-0.3, -0.25) is 0 Å². The highest BCUT2D eigenvalue weighted by Crippen LogP contribution is 2.16. The van der Waals surface area contributed by atoms with Crippen molar-refractivity contribution in [1.82, 2.24) is 0 Å². The third-order valence-electron chi connectivity index (χ3n) is 2.03. The van der Waals surface area contributed by atoms with Crippen LogP contribution in [0.2, 0.25) is 0 Å². The van der Waals surface area contributed by atoms with Gasteiger partial charge in [-0.2, -0.15) is 5.26 Å². The average molecular weight is 191 g/mol. The van der Waals surface area contributed by atoms with Gasteiger partial charge in [0.1, 0.15) is 5.76 Å². The van der Waals surface area contributed by atoms with Gasteiger partial charge in [-0.05, 0) is 25.8 Å². The molecule has 0 heterocycles. The van der Waals surface area contributed by atoms with Gasteiger partial charge in [-0.1, -0.05) is 26.0 Å². The van der Waals surface area contributed by atoms with Crippen molar-refractivity contribution in [2.24, 2.45) is 0 Å². The van der Waals surface area contributed by atoms with Crippen LogP contribution < -0.4 is 0 Å². The SMILES string of the molecule is C=C/C=C(O)\C(C)=C(\C#N)CCCC. The maximum absolute atomic E-state index is 9.50. The first-order valence-electron chi connectivity index (χ1n) is 4.79. The van der Waals surface area contributed by atoms with E-state index in [4.69, 9.17) is 5.26 Å². The van der Waals surface area contributed by atoms with Crippen LogP contribution in [-0.2, 0) is 0 Å². The van der Waals surface area contributed by atoms with E-state index >= 15 is 0 Å². The molecule has 0 saturated carbocycles. The summed E-state index contributed by atoms with van der Waals surface area (Å²) in [6.07, 6.45) is 5.76. The zero-order chi connectivity index (χ0) is 11.0. The molecule has 0 rings (SSSR count). The molecule has 0 bridgehead atoms. The first-order chi connectivity index (χ1) is 6.67. The summed E-state index contributed by atoms with van der Waals surface area (Å²) in [4.78, 5) is 0. The third-order valence-corrected chi connectivity index (χ3v) is 2.03. The Hall–Kier alpha value is -1.49. The minimum Gasteiger partial charge on any atom is -0.508 e. The normalized spacial score (nSPS) is 13.1. The Morgan fingerprint density at radius 3 is 2.64 bits per heavy atom. The van der Waals surface area contributed by atoms with Crippen LogP contribution in [0, 0.1) is 11.3 Å². The molecule has 0 aliphatic carbocycles. The minimum absolute atomic E-state index is 0.132. The van der Waals surface area contributed by atoms with Crippen LogP contribution in [0.3, 0.4) is 0 Å². The highest BCUT2D eigenvalue weighted by atomic mass is 16.3. The maximum atomic E-state index is 9.50. The fourth-order valence-corrected chi connectivity index (χ4v) is 1.07. The molecule has 0 atom stereocenters. The molecule has 0 spiro atoms. The van der Waals surface area contributed by atoms with Crippen molar-refractivity contribution in [1.29, 1.82) is 5.26 Å². The van der Waals surface area contributed by atoms with Gasteiger partial charge in [0.2, 0.25) is 0 Å². The summed E-state index contributed by atoms with van der Waals surface area (Å²) in [6, 6.07) is 2.12. The molecule has 0 unspecified atom stereocenters. The molecule has 0 amide bonds. The van der Waals surface area contributed by atoms with E-state index in [1.807, 2.05) is 0 Å². The average Bonchev–Trinajstić information content (AvgIpc) is 2.19. The molecule has 2 nitrogen and oxygen atoms in total. The number of hydrogen-bond acceptors (Lipinski definition) is 2. The van der Waals surface area contributed by atoms with E-state index < -0.39 is 0 Å². The quantitative estimate of drug-likeness (QED) is 0.409. The lowest BCUT2D eigenvalue weighted by atomic mass is 10.0. The second-order valence-electron chi connectivity index (χ2n) is 3.11. The number of rotatable bonds is 5. The van der Waals surface area contributed by atoms with Gasteiger partial charge < -0.3 is 5.11 Å². The molecule has 0 aliphatic heterocycles. The molecule has 0 radical (unpaired) electrons. The fourth-order valence-electron chi connectivity index (χ4n) is 1.07. The van der Waals surface area contributed by atoms with Crippen LogP contribution >= 0.6 is 0 Å².